The molecule has 0 spiro atoms. The molecular formula is C17H31IN6O. The second kappa shape index (κ2) is 11.5. The molecule has 1 aliphatic rings. The van der Waals surface area contributed by atoms with Crippen LogP contribution in [0.4, 0.5) is 5.82 Å². The summed E-state index contributed by atoms with van der Waals surface area (Å²) in [5.74, 6) is 1.47. The van der Waals surface area contributed by atoms with Crippen LogP contribution >= 0.6 is 24.0 Å². The van der Waals surface area contributed by atoms with E-state index in [2.05, 4.69) is 44.1 Å². The summed E-state index contributed by atoms with van der Waals surface area (Å²) in [4.78, 5) is 13.7. The number of likely N-dealkylation sites (N-methyl/N-ethyl adjacent to an activating group) is 1. The van der Waals surface area contributed by atoms with E-state index in [4.69, 9.17) is 10.5 Å². The van der Waals surface area contributed by atoms with E-state index in [0.717, 1.165) is 44.1 Å². The van der Waals surface area contributed by atoms with Crippen LogP contribution in [0.3, 0.4) is 0 Å². The Morgan fingerprint density at radius 3 is 2.64 bits per heavy atom. The molecule has 1 atom stereocenters. The molecule has 2 rings (SSSR count). The number of hydrogen-bond donors (Lipinski definition) is 2. The van der Waals surface area contributed by atoms with Crippen LogP contribution in [0.15, 0.2) is 23.3 Å². The topological polar surface area (TPSA) is 79.0 Å². The van der Waals surface area contributed by atoms with Crippen molar-refractivity contribution in [1.82, 2.24) is 15.2 Å². The third-order valence-corrected chi connectivity index (χ3v) is 4.20. The number of nitrogens with two attached hydrogens (primary N) is 1. The molecule has 0 bridgehead atoms. The van der Waals surface area contributed by atoms with Gasteiger partial charge in [0.15, 0.2) is 5.96 Å². The summed E-state index contributed by atoms with van der Waals surface area (Å²) in [7, 11) is 1.67. The number of hydrogen-bond acceptors (Lipinski definition) is 5. The van der Waals surface area contributed by atoms with Crippen molar-refractivity contribution in [2.45, 2.75) is 26.4 Å². The number of guanidine groups is 1. The number of pyridine rings is 1. The highest BCUT2D eigenvalue weighted by Crippen LogP contribution is 2.14. The molecule has 0 aliphatic carbocycles. The molecule has 1 aromatic rings. The normalized spacial score (nSPS) is 17.1. The van der Waals surface area contributed by atoms with Crippen LogP contribution in [0.1, 0.15) is 19.4 Å². The summed E-state index contributed by atoms with van der Waals surface area (Å²) >= 11 is 0. The van der Waals surface area contributed by atoms with E-state index in [1.807, 2.05) is 13.1 Å². The number of ether oxygens (including phenoxy) is 1. The average Bonchev–Trinajstić information content (AvgIpc) is 2.61. The smallest absolute Gasteiger partial charge is 0.189 e. The molecular weight excluding hydrogens is 431 g/mol. The van der Waals surface area contributed by atoms with Gasteiger partial charge in [-0.2, -0.15) is 0 Å². The fourth-order valence-corrected chi connectivity index (χ4v) is 2.76. The first kappa shape index (κ1) is 21.9. The van der Waals surface area contributed by atoms with Gasteiger partial charge in [0.1, 0.15) is 5.82 Å². The molecule has 142 valence electrons. The quantitative estimate of drug-likeness (QED) is 0.361. The zero-order valence-electron chi connectivity index (χ0n) is 15.4. The van der Waals surface area contributed by atoms with Gasteiger partial charge in [0.05, 0.1) is 13.2 Å². The number of nitrogens with one attached hydrogen (secondary N) is 1. The van der Waals surface area contributed by atoms with Crippen LogP contribution in [-0.4, -0.2) is 68.3 Å². The van der Waals surface area contributed by atoms with Gasteiger partial charge in [-0.1, -0.05) is 13.0 Å². The predicted molar refractivity (Wildman–Crippen MR) is 114 cm³/mol. The first-order valence-corrected chi connectivity index (χ1v) is 8.60. The highest BCUT2D eigenvalue weighted by atomic mass is 127. The highest BCUT2D eigenvalue weighted by molar-refractivity contribution is 14.0. The maximum Gasteiger partial charge on any atom is 0.189 e. The second-order valence-electron chi connectivity index (χ2n) is 6.15. The third kappa shape index (κ3) is 7.33. The second-order valence-corrected chi connectivity index (χ2v) is 6.15. The van der Waals surface area contributed by atoms with Crippen molar-refractivity contribution in [3.63, 3.8) is 0 Å². The molecule has 25 heavy (non-hydrogen) atoms. The first-order valence-electron chi connectivity index (χ1n) is 8.60. The standard InChI is InChI=1S/C17H30N6O.HI/c1-4-22-7-9-23(10-8-22)16-6-5-15(11-19-16)12-20-17(18)21-14(2)13-24-3;/h5-6,11,14H,4,7-10,12-13H2,1-3H3,(H3,18,20,21);1H. The molecule has 0 aromatic carbocycles. The zero-order valence-corrected chi connectivity index (χ0v) is 17.8. The van der Waals surface area contributed by atoms with Crippen LogP contribution in [0.2, 0.25) is 0 Å². The van der Waals surface area contributed by atoms with E-state index in [1.54, 1.807) is 7.11 Å². The van der Waals surface area contributed by atoms with Crippen LogP contribution in [0, 0.1) is 0 Å². The minimum absolute atomic E-state index is 0. The summed E-state index contributed by atoms with van der Waals surface area (Å²) in [6, 6.07) is 4.29. The summed E-state index contributed by atoms with van der Waals surface area (Å²) in [6.07, 6.45) is 1.89. The number of rotatable bonds is 7. The lowest BCUT2D eigenvalue weighted by Gasteiger charge is -2.34. The molecule has 2 heterocycles. The number of anilines is 1. The van der Waals surface area contributed by atoms with E-state index >= 15 is 0 Å². The van der Waals surface area contributed by atoms with Gasteiger partial charge < -0.3 is 25.6 Å². The Bertz CT molecular complexity index is 516. The Labute approximate surface area is 168 Å². The molecule has 0 saturated carbocycles. The van der Waals surface area contributed by atoms with Crippen molar-refractivity contribution in [2.24, 2.45) is 10.7 Å². The lowest BCUT2D eigenvalue weighted by Crippen LogP contribution is -2.46. The Morgan fingerprint density at radius 1 is 1.36 bits per heavy atom. The monoisotopic (exact) mass is 462 g/mol. The van der Waals surface area contributed by atoms with Gasteiger partial charge in [-0.3, -0.25) is 0 Å². The molecule has 1 fully saturated rings. The number of piperazine rings is 1. The highest BCUT2D eigenvalue weighted by Gasteiger charge is 2.16. The van der Waals surface area contributed by atoms with Crippen LogP contribution in [0.5, 0.6) is 0 Å². The van der Waals surface area contributed by atoms with Crippen LogP contribution < -0.4 is 16.0 Å². The summed E-state index contributed by atoms with van der Waals surface area (Å²) in [6.45, 7) is 10.7. The third-order valence-electron chi connectivity index (χ3n) is 4.20. The molecule has 7 nitrogen and oxygen atoms in total. The van der Waals surface area contributed by atoms with Crippen molar-refractivity contribution >= 4 is 35.8 Å². The van der Waals surface area contributed by atoms with Gasteiger partial charge in [0.2, 0.25) is 0 Å². The van der Waals surface area contributed by atoms with Gasteiger partial charge in [0, 0.05) is 45.5 Å². The Morgan fingerprint density at radius 2 is 2.08 bits per heavy atom. The minimum atomic E-state index is 0. The van der Waals surface area contributed by atoms with Crippen molar-refractivity contribution in [1.29, 1.82) is 0 Å². The van der Waals surface area contributed by atoms with Gasteiger partial charge in [0.25, 0.3) is 0 Å². The molecule has 1 saturated heterocycles. The molecule has 1 aromatic heterocycles. The number of nitrogens with zero attached hydrogens (tertiary/aromatic N) is 4. The minimum Gasteiger partial charge on any atom is -0.383 e. The molecule has 3 N–H and O–H groups in total. The van der Waals surface area contributed by atoms with Crippen molar-refractivity contribution in [2.75, 3.05) is 51.3 Å². The maximum absolute atomic E-state index is 5.88. The first-order chi connectivity index (χ1) is 11.6. The summed E-state index contributed by atoms with van der Waals surface area (Å²) in [5.41, 5.74) is 6.93. The molecule has 8 heteroatoms. The number of halogens is 1. The van der Waals surface area contributed by atoms with Crippen molar-refractivity contribution < 1.29 is 4.74 Å². The molecule has 1 aliphatic heterocycles. The largest absolute Gasteiger partial charge is 0.383 e. The number of aromatic nitrogens is 1. The van der Waals surface area contributed by atoms with Gasteiger partial charge in [-0.15, -0.1) is 24.0 Å². The average molecular weight is 462 g/mol. The zero-order chi connectivity index (χ0) is 17.4. The van der Waals surface area contributed by atoms with E-state index in [1.165, 1.54) is 0 Å². The van der Waals surface area contributed by atoms with Crippen molar-refractivity contribution in [3.8, 4) is 0 Å². The lowest BCUT2D eigenvalue weighted by atomic mass is 10.2. The Hall–Kier alpha value is -1.13. The molecule has 0 radical (unpaired) electrons. The molecule has 0 amide bonds. The fraction of sp³-hybridized carbons (Fsp3) is 0.647. The van der Waals surface area contributed by atoms with E-state index < -0.39 is 0 Å². The summed E-state index contributed by atoms with van der Waals surface area (Å²) in [5, 5.41) is 3.09. The summed E-state index contributed by atoms with van der Waals surface area (Å²) < 4.78 is 5.06. The van der Waals surface area contributed by atoms with Crippen LogP contribution in [-0.2, 0) is 11.3 Å². The van der Waals surface area contributed by atoms with Gasteiger partial charge in [-0.25, -0.2) is 9.98 Å². The maximum atomic E-state index is 5.88. The number of aliphatic imine (C=N–C) groups is 1. The Kier molecular flexibility index (Phi) is 10.1. The van der Waals surface area contributed by atoms with Crippen molar-refractivity contribution in [3.05, 3.63) is 23.9 Å². The van der Waals surface area contributed by atoms with E-state index in [0.29, 0.717) is 19.1 Å². The lowest BCUT2D eigenvalue weighted by molar-refractivity contribution is 0.179. The fourth-order valence-electron chi connectivity index (χ4n) is 2.76. The SMILES string of the molecule is CCN1CCN(c2ccc(CN=C(N)NC(C)COC)cn2)CC1.I. The molecule has 1 unspecified atom stereocenters. The van der Waals surface area contributed by atoms with Gasteiger partial charge in [-0.05, 0) is 25.1 Å². The van der Waals surface area contributed by atoms with Gasteiger partial charge >= 0.3 is 0 Å². The number of methoxy groups -OCH3 is 1. The van der Waals surface area contributed by atoms with E-state index in [-0.39, 0.29) is 30.0 Å². The van der Waals surface area contributed by atoms with E-state index in [9.17, 15) is 0 Å². The van der Waals surface area contributed by atoms with Crippen LogP contribution in [0.25, 0.3) is 0 Å². The Balaban J connectivity index is 0.00000312. The predicted octanol–water partition coefficient (Wildman–Crippen LogP) is 1.28.